The molecule has 0 fully saturated rings. The molecule has 0 spiro atoms. The number of nitrogens with two attached hydrogens (primary N) is 1. The molecule has 0 saturated heterocycles. The molecule has 1 aromatic rings. The number of carbonyl (C=O) groups excluding carboxylic acids is 2. The Kier molecular flexibility index (Phi) is 4.46. The van der Waals surface area contributed by atoms with Gasteiger partial charge in [-0.25, -0.2) is 0 Å². The molecule has 4 heteroatoms. The molecule has 0 atom stereocenters. The van der Waals surface area contributed by atoms with E-state index in [-0.39, 0.29) is 5.91 Å². The Balaban J connectivity index is 2.29. The highest BCUT2D eigenvalue weighted by atomic mass is 16.2. The Morgan fingerprint density at radius 2 is 1.52 bits per heavy atom. The normalized spacial score (nSPS) is 15.0. The van der Waals surface area contributed by atoms with Gasteiger partial charge in [0.05, 0.1) is 0 Å². The van der Waals surface area contributed by atoms with Crippen molar-refractivity contribution in [3.8, 4) is 0 Å². The lowest BCUT2D eigenvalue weighted by Crippen LogP contribution is -2.25. The maximum Gasteiger partial charge on any atom is 0.252 e. The van der Waals surface area contributed by atoms with Crippen LogP contribution in [0.4, 0.5) is 5.69 Å². The summed E-state index contributed by atoms with van der Waals surface area (Å²) < 4.78 is 0. The van der Waals surface area contributed by atoms with Crippen LogP contribution in [0.3, 0.4) is 0 Å². The lowest BCUT2D eigenvalue weighted by molar-refractivity contribution is -0.116. The minimum atomic E-state index is -0.475. The summed E-state index contributed by atoms with van der Waals surface area (Å²) in [4.78, 5) is 23.9. The Hall–Kier alpha value is -2.10. The lowest BCUT2D eigenvalue weighted by atomic mass is 9.90. The molecule has 2 rings (SSSR count). The molecule has 1 aliphatic carbocycles. The van der Waals surface area contributed by atoms with Gasteiger partial charge in [0.2, 0.25) is 5.91 Å². The number of primary amides is 1. The third kappa shape index (κ3) is 3.32. The average Bonchev–Trinajstić information content (AvgIpc) is 2.44. The zero-order valence-corrected chi connectivity index (χ0v) is 12.9. The number of hydrogen-bond donors (Lipinski definition) is 2. The summed E-state index contributed by atoms with van der Waals surface area (Å²) in [5.74, 6) is -0.675. The van der Waals surface area contributed by atoms with Gasteiger partial charge in [-0.2, -0.15) is 0 Å². The van der Waals surface area contributed by atoms with Crippen molar-refractivity contribution in [2.75, 3.05) is 5.32 Å². The lowest BCUT2D eigenvalue weighted by Gasteiger charge is -2.19. The number of hydrogen-bond acceptors (Lipinski definition) is 2. The minimum Gasteiger partial charge on any atom is -0.366 e. The van der Waals surface area contributed by atoms with Crippen LogP contribution in [0.5, 0.6) is 0 Å². The van der Waals surface area contributed by atoms with Gasteiger partial charge < -0.3 is 11.1 Å². The van der Waals surface area contributed by atoms with E-state index >= 15 is 0 Å². The fraction of sp³-hybridized carbons (Fsp3) is 0.412. The van der Waals surface area contributed by atoms with Crippen molar-refractivity contribution in [3.63, 3.8) is 0 Å². The predicted octanol–water partition coefficient (Wildman–Crippen LogP) is 2.91. The van der Waals surface area contributed by atoms with Gasteiger partial charge in [0, 0.05) is 16.8 Å². The van der Waals surface area contributed by atoms with Gasteiger partial charge >= 0.3 is 0 Å². The fourth-order valence-electron chi connectivity index (χ4n) is 2.72. The van der Waals surface area contributed by atoms with Gasteiger partial charge in [0.1, 0.15) is 0 Å². The summed E-state index contributed by atoms with van der Waals surface area (Å²) >= 11 is 0. The molecule has 1 aliphatic rings. The van der Waals surface area contributed by atoms with Crippen LogP contribution in [0.25, 0.3) is 0 Å². The van der Waals surface area contributed by atoms with Crippen molar-refractivity contribution in [1.82, 2.24) is 0 Å². The number of aryl methyl sites for hydroxylation is 3. The standard InChI is InChI=1S/C17H22N2O2/c1-10-8-12(3)15(9-11(10)2)19-17(21)14-7-5-4-6-13(14)16(18)20/h8-9H,4-7H2,1-3H3,(H2,18,20)(H,19,21). The molecule has 112 valence electrons. The first-order chi connectivity index (χ1) is 9.90. The summed E-state index contributed by atoms with van der Waals surface area (Å²) in [7, 11) is 0. The van der Waals surface area contributed by atoms with E-state index in [1.54, 1.807) is 0 Å². The van der Waals surface area contributed by atoms with Crippen LogP contribution in [-0.4, -0.2) is 11.8 Å². The van der Waals surface area contributed by atoms with Gasteiger partial charge in [-0.3, -0.25) is 9.59 Å². The summed E-state index contributed by atoms with van der Waals surface area (Å²) in [6.07, 6.45) is 3.06. The molecule has 0 unspecified atom stereocenters. The molecule has 1 aromatic carbocycles. The number of benzene rings is 1. The zero-order chi connectivity index (χ0) is 15.6. The zero-order valence-electron chi connectivity index (χ0n) is 12.9. The van der Waals surface area contributed by atoms with Crippen LogP contribution in [0, 0.1) is 20.8 Å². The molecular weight excluding hydrogens is 264 g/mol. The number of carbonyl (C=O) groups is 2. The molecule has 0 aliphatic heterocycles. The molecule has 3 N–H and O–H groups in total. The maximum absolute atomic E-state index is 12.5. The van der Waals surface area contributed by atoms with Crippen LogP contribution >= 0.6 is 0 Å². The molecule has 4 nitrogen and oxygen atoms in total. The van der Waals surface area contributed by atoms with E-state index in [2.05, 4.69) is 11.4 Å². The first-order valence-corrected chi connectivity index (χ1v) is 7.31. The summed E-state index contributed by atoms with van der Waals surface area (Å²) in [6.45, 7) is 6.02. The van der Waals surface area contributed by atoms with Gasteiger partial charge in [0.25, 0.3) is 5.91 Å². The van der Waals surface area contributed by atoms with Crippen LogP contribution in [-0.2, 0) is 9.59 Å². The van der Waals surface area contributed by atoms with E-state index in [1.807, 2.05) is 26.8 Å². The fourth-order valence-corrected chi connectivity index (χ4v) is 2.72. The van der Waals surface area contributed by atoms with Crippen molar-refractivity contribution in [1.29, 1.82) is 0 Å². The first-order valence-electron chi connectivity index (χ1n) is 7.31. The minimum absolute atomic E-state index is 0.199. The van der Waals surface area contributed by atoms with E-state index in [0.29, 0.717) is 24.0 Å². The quantitative estimate of drug-likeness (QED) is 0.896. The summed E-state index contributed by atoms with van der Waals surface area (Å²) in [6, 6.07) is 4.02. The molecule has 0 aromatic heterocycles. The van der Waals surface area contributed by atoms with E-state index in [1.165, 1.54) is 5.56 Å². The second-order valence-corrected chi connectivity index (χ2v) is 5.73. The first kappa shape index (κ1) is 15.3. The average molecular weight is 286 g/mol. The second-order valence-electron chi connectivity index (χ2n) is 5.73. The topological polar surface area (TPSA) is 72.2 Å². The van der Waals surface area contributed by atoms with Crippen molar-refractivity contribution in [2.45, 2.75) is 46.5 Å². The number of rotatable bonds is 3. The maximum atomic E-state index is 12.5. The smallest absolute Gasteiger partial charge is 0.252 e. The molecule has 0 bridgehead atoms. The SMILES string of the molecule is Cc1cc(C)c(NC(=O)C2=C(C(N)=O)CCCC2)cc1C. The largest absolute Gasteiger partial charge is 0.366 e. The molecule has 0 radical (unpaired) electrons. The highest BCUT2D eigenvalue weighted by Crippen LogP contribution is 2.27. The van der Waals surface area contributed by atoms with Gasteiger partial charge in [-0.05, 0) is 69.2 Å². The number of anilines is 1. The van der Waals surface area contributed by atoms with E-state index < -0.39 is 5.91 Å². The van der Waals surface area contributed by atoms with E-state index in [9.17, 15) is 9.59 Å². The van der Waals surface area contributed by atoms with Crippen molar-refractivity contribution >= 4 is 17.5 Å². The number of amides is 2. The van der Waals surface area contributed by atoms with Gasteiger partial charge in [-0.1, -0.05) is 6.07 Å². The summed E-state index contributed by atoms with van der Waals surface area (Å²) in [5, 5.41) is 2.93. The third-order valence-electron chi connectivity index (χ3n) is 4.13. The van der Waals surface area contributed by atoms with Gasteiger partial charge in [0.15, 0.2) is 0 Å². The van der Waals surface area contributed by atoms with Crippen molar-refractivity contribution in [2.24, 2.45) is 5.73 Å². The molecule has 0 heterocycles. The highest BCUT2D eigenvalue weighted by Gasteiger charge is 2.22. The van der Waals surface area contributed by atoms with Crippen LogP contribution in [0.15, 0.2) is 23.3 Å². The van der Waals surface area contributed by atoms with Crippen molar-refractivity contribution < 1.29 is 9.59 Å². The van der Waals surface area contributed by atoms with E-state index in [4.69, 9.17) is 5.73 Å². The third-order valence-corrected chi connectivity index (χ3v) is 4.13. The molecule has 2 amide bonds. The van der Waals surface area contributed by atoms with E-state index in [0.717, 1.165) is 29.7 Å². The van der Waals surface area contributed by atoms with Crippen LogP contribution in [0.2, 0.25) is 0 Å². The number of nitrogens with one attached hydrogen (secondary N) is 1. The molecule has 21 heavy (non-hydrogen) atoms. The highest BCUT2D eigenvalue weighted by molar-refractivity contribution is 6.10. The monoisotopic (exact) mass is 286 g/mol. The predicted molar refractivity (Wildman–Crippen MR) is 84.0 cm³/mol. The van der Waals surface area contributed by atoms with Crippen molar-refractivity contribution in [3.05, 3.63) is 40.0 Å². The van der Waals surface area contributed by atoms with Gasteiger partial charge in [-0.15, -0.1) is 0 Å². The Labute approximate surface area is 125 Å². The van der Waals surface area contributed by atoms with Crippen LogP contribution < -0.4 is 11.1 Å². The summed E-state index contributed by atoms with van der Waals surface area (Å²) in [5.41, 5.74) is 10.6. The second kappa shape index (κ2) is 6.12. The Morgan fingerprint density at radius 1 is 0.952 bits per heavy atom. The molecule has 0 saturated carbocycles. The Bertz CT molecular complexity index is 630. The Morgan fingerprint density at radius 3 is 2.14 bits per heavy atom. The molecular formula is C17H22N2O2. The van der Waals surface area contributed by atoms with Crippen LogP contribution in [0.1, 0.15) is 42.4 Å².